The molecule has 54 valence electrons. The molecule has 0 unspecified atom stereocenters. The van der Waals surface area contributed by atoms with E-state index < -0.39 is 0 Å². The fraction of sp³-hybridized carbons (Fsp3) is 0. The van der Waals surface area contributed by atoms with E-state index in [0.717, 1.165) is 0 Å². The van der Waals surface area contributed by atoms with Gasteiger partial charge in [0, 0.05) is 0 Å². The van der Waals surface area contributed by atoms with Gasteiger partial charge in [-0.15, -0.1) is 0 Å². The molecule has 1 aromatic heterocycles. The highest BCUT2D eigenvalue weighted by Crippen LogP contribution is 1.79. The quantitative estimate of drug-likeness (QED) is 0.388. The summed E-state index contributed by atoms with van der Waals surface area (Å²) in [6.45, 7) is 0. The number of rotatable bonds is 0. The van der Waals surface area contributed by atoms with Crippen LogP contribution >= 0.6 is 0 Å². The van der Waals surface area contributed by atoms with Gasteiger partial charge in [0.1, 0.15) is 0 Å². The predicted octanol–water partition coefficient (Wildman–Crippen LogP) is -2.27. The average Bonchev–Trinajstić information content (AvgIpc) is 1.98. The van der Waals surface area contributed by atoms with Crippen LogP contribution in [0.4, 0.5) is 0 Å². The van der Waals surface area contributed by atoms with E-state index in [4.69, 9.17) is 11.7 Å². The van der Waals surface area contributed by atoms with E-state index in [2.05, 4.69) is 4.63 Å². The summed E-state index contributed by atoms with van der Waals surface area (Å²) in [6, 6.07) is 0. The fourth-order valence-electron chi connectivity index (χ4n) is 0.284. The molecule has 1 heterocycles. The first-order valence-electron chi connectivity index (χ1n) is 1.85. The van der Waals surface area contributed by atoms with Crippen LogP contribution in [0.1, 0.15) is 0 Å². The second-order valence-corrected chi connectivity index (χ2v) is 1.20. The third-order valence-electron chi connectivity index (χ3n) is 0.684. The van der Waals surface area contributed by atoms with Gasteiger partial charge in [-0.2, -0.15) is 0 Å². The minimum Gasteiger partial charge on any atom is -0.443 e. The van der Waals surface area contributed by atoms with Crippen molar-refractivity contribution in [2.45, 2.75) is 0 Å². The largest absolute Gasteiger partial charge is 0.443 e. The first kappa shape index (κ1) is 5.34. The van der Waals surface area contributed by atoms with Crippen molar-refractivity contribution in [1.82, 2.24) is 19.8 Å². The van der Waals surface area contributed by atoms with Gasteiger partial charge in [-0.1, -0.05) is 19.8 Å². The Labute approximate surface area is 47.9 Å². The molecule has 0 atom stereocenters. The molecule has 0 fully saturated rings. The number of nitrogens with zero attached hydrogens (tertiary/aromatic N) is 4. The van der Waals surface area contributed by atoms with Crippen molar-refractivity contribution >= 4 is 0 Å². The lowest BCUT2D eigenvalue weighted by Crippen LogP contribution is -2.33. The molecule has 0 aliphatic heterocycles. The number of hydrogen-bond donors (Lipinski definition) is 2. The molecule has 9 heavy (non-hydrogen) atoms. The van der Waals surface area contributed by atoms with Crippen LogP contribution in [0.2, 0.25) is 0 Å². The van der Waals surface area contributed by atoms with Crippen molar-refractivity contribution in [2.24, 2.45) is 0 Å². The zero-order valence-corrected chi connectivity index (χ0v) is 4.17. The van der Waals surface area contributed by atoms with Crippen LogP contribution < -0.4 is 11.7 Å². The smallest absolute Gasteiger partial charge is 0.0716 e. The van der Waals surface area contributed by atoms with E-state index in [1.807, 2.05) is 0 Å². The van der Waals surface area contributed by atoms with Gasteiger partial charge in [-0.3, -0.25) is 0 Å². The molecule has 0 bridgehead atoms. The summed E-state index contributed by atoms with van der Waals surface area (Å²) in [4.78, 5) is 0.486. The predicted molar refractivity (Wildman–Crippen MR) is 26.1 cm³/mol. The van der Waals surface area contributed by atoms with Crippen LogP contribution in [0.15, 0.2) is 4.63 Å². The highest BCUT2D eigenvalue weighted by molar-refractivity contribution is 4.42. The molecule has 0 saturated carbocycles. The summed E-state index contributed by atoms with van der Waals surface area (Å²) in [6.07, 6.45) is 0. The maximum absolute atomic E-state index is 10.1. The maximum Gasteiger partial charge on any atom is -0.0716 e. The second-order valence-electron chi connectivity index (χ2n) is 1.20. The van der Waals surface area contributed by atoms with Gasteiger partial charge in [0.15, 0.2) is 0 Å². The monoisotopic (exact) mass is 136 g/mol. The lowest BCUT2D eigenvalue weighted by molar-refractivity contribution is 0.165. The van der Waals surface area contributed by atoms with E-state index in [1.54, 1.807) is 0 Å². The zero-order chi connectivity index (χ0) is 7.02. The molecule has 1 rings (SSSR count). The average molecular weight is 136 g/mol. The van der Waals surface area contributed by atoms with E-state index >= 15 is 0 Å². The Morgan fingerprint density at radius 3 is 1.44 bits per heavy atom. The van der Waals surface area contributed by atoms with Crippen LogP contribution in [0.25, 0.3) is 0 Å². The summed E-state index contributed by atoms with van der Waals surface area (Å²) >= 11 is 0. The van der Waals surface area contributed by atoms with Crippen LogP contribution in [0.3, 0.4) is 0 Å². The van der Waals surface area contributed by atoms with Crippen molar-refractivity contribution in [2.75, 3.05) is 11.7 Å². The number of nitrogen functional groups attached to an aromatic ring is 2. The molecule has 0 spiro atoms. The first-order valence-corrected chi connectivity index (χ1v) is 1.85. The summed E-state index contributed by atoms with van der Waals surface area (Å²) in [5, 5.41) is 19.7. The molecule has 0 aliphatic carbocycles. The van der Waals surface area contributed by atoms with E-state index in [0.29, 0.717) is 0 Å². The third kappa shape index (κ3) is 0.542. The number of nitrogens with two attached hydrogens (primary N) is 2. The Morgan fingerprint density at radius 2 is 1.33 bits per heavy atom. The van der Waals surface area contributed by atoms with Gasteiger partial charge in [-0.25, -0.2) is 0 Å². The van der Waals surface area contributed by atoms with Crippen LogP contribution in [-0.4, -0.2) is 19.8 Å². The summed E-state index contributed by atoms with van der Waals surface area (Å²) in [5.74, 6) is 9.59. The summed E-state index contributed by atoms with van der Waals surface area (Å²) in [5.41, 5.74) is 0. The Bertz CT molecular complexity index is 202. The van der Waals surface area contributed by atoms with Crippen LogP contribution in [0, 0.1) is 10.4 Å². The van der Waals surface area contributed by atoms with Gasteiger partial charge in [0.2, 0.25) is 0 Å². The van der Waals surface area contributed by atoms with Gasteiger partial charge in [-0.05, 0) is 0 Å². The first-order chi connectivity index (χ1) is 4.13. The van der Waals surface area contributed by atoms with Crippen molar-refractivity contribution in [1.29, 1.82) is 0 Å². The SMILES string of the molecule is Nn1n([O-])on([O-])n1N. The highest BCUT2D eigenvalue weighted by Gasteiger charge is 1.89. The molecule has 9 nitrogen and oxygen atoms in total. The maximum atomic E-state index is 10.1. The highest BCUT2D eigenvalue weighted by atomic mass is 16.9. The standard InChI is InChI=1S/H4N6O3/c1-3-4(2)6(8)9-5(3)7/h1-2H2/q-2. The molecule has 4 N–H and O–H groups in total. The van der Waals surface area contributed by atoms with E-state index in [1.165, 1.54) is 0 Å². The van der Waals surface area contributed by atoms with Crippen molar-refractivity contribution < 1.29 is 4.63 Å². The summed E-state index contributed by atoms with van der Waals surface area (Å²) in [7, 11) is 0. The van der Waals surface area contributed by atoms with Crippen molar-refractivity contribution in [3.05, 3.63) is 10.4 Å². The molecule has 0 saturated heterocycles. The lowest BCUT2D eigenvalue weighted by atomic mass is 12.2. The molecular formula is H4N6O3-2. The molecule has 0 aromatic carbocycles. The fourth-order valence-corrected chi connectivity index (χ4v) is 0.284. The Balaban J connectivity index is 3.29. The van der Waals surface area contributed by atoms with Gasteiger partial charge >= 0.3 is 0 Å². The van der Waals surface area contributed by atoms with Crippen molar-refractivity contribution in [3.63, 3.8) is 0 Å². The van der Waals surface area contributed by atoms with Crippen LogP contribution in [0.5, 0.6) is 0 Å². The van der Waals surface area contributed by atoms with Crippen LogP contribution in [-0.2, 0) is 0 Å². The topological polar surface area (TPSA) is 131 Å². The molecule has 9 heteroatoms. The minimum atomic E-state index is -0.285. The molecule has 0 radical (unpaired) electrons. The van der Waals surface area contributed by atoms with E-state index in [9.17, 15) is 10.4 Å². The van der Waals surface area contributed by atoms with Gasteiger partial charge in [0.05, 0.1) is 0 Å². The zero-order valence-electron chi connectivity index (χ0n) is 4.17. The molecule has 0 amide bonds. The van der Waals surface area contributed by atoms with Gasteiger partial charge in [0.25, 0.3) is 0 Å². The number of hydrogen-bond acceptors (Lipinski definition) is 5. The Morgan fingerprint density at radius 1 is 1.00 bits per heavy atom. The lowest BCUT2D eigenvalue weighted by Gasteiger charge is -2.00. The Hall–Kier alpha value is -1.80. The number of aromatic nitrogens is 4. The molecule has 1 aromatic rings. The van der Waals surface area contributed by atoms with E-state index in [-0.39, 0.29) is 19.8 Å². The third-order valence-corrected chi connectivity index (χ3v) is 0.684. The summed E-state index contributed by atoms with van der Waals surface area (Å²) < 4.78 is 3.74. The van der Waals surface area contributed by atoms with Gasteiger partial charge < -0.3 is 26.7 Å². The minimum absolute atomic E-state index is 0.243. The molecule has 0 aliphatic rings. The normalized spacial score (nSPS) is 9.78. The molecular weight excluding hydrogens is 132 g/mol. The van der Waals surface area contributed by atoms with Crippen molar-refractivity contribution in [3.8, 4) is 0 Å². The second kappa shape index (κ2) is 1.34. The Kier molecular flexibility index (Phi) is 0.793.